The number of hydrogen-bond acceptors (Lipinski definition) is 5. The number of nitrogens with one attached hydrogen (secondary N) is 1. The van der Waals surface area contributed by atoms with Gasteiger partial charge in [-0.25, -0.2) is 9.97 Å². The van der Waals surface area contributed by atoms with E-state index in [0.29, 0.717) is 19.0 Å². The third-order valence-electron chi connectivity index (χ3n) is 4.43. The smallest absolute Gasteiger partial charge is 0.393 e. The SMILES string of the molecule is OC1CC(Nc2nc(CCc3cnccc3C(F)(F)F)ncc2C(F)(F)F)C1. The van der Waals surface area contributed by atoms with Gasteiger partial charge in [0, 0.05) is 31.1 Å². The van der Waals surface area contributed by atoms with Gasteiger partial charge in [-0.2, -0.15) is 26.3 Å². The van der Waals surface area contributed by atoms with Crippen LogP contribution in [0, 0.1) is 0 Å². The van der Waals surface area contributed by atoms with E-state index >= 15 is 0 Å². The van der Waals surface area contributed by atoms with Crippen LogP contribution in [0.2, 0.25) is 0 Å². The fourth-order valence-corrected chi connectivity index (χ4v) is 2.90. The number of aryl methyl sites for hydroxylation is 2. The molecule has 28 heavy (non-hydrogen) atoms. The van der Waals surface area contributed by atoms with Crippen molar-refractivity contribution in [3.8, 4) is 0 Å². The van der Waals surface area contributed by atoms with Crippen LogP contribution in [-0.2, 0) is 25.2 Å². The molecule has 0 saturated heterocycles. The fraction of sp³-hybridized carbons (Fsp3) is 0.471. The van der Waals surface area contributed by atoms with Gasteiger partial charge >= 0.3 is 12.4 Å². The first-order chi connectivity index (χ1) is 13.0. The summed E-state index contributed by atoms with van der Waals surface area (Å²) in [6.07, 6.45) is -6.73. The average molecular weight is 406 g/mol. The van der Waals surface area contributed by atoms with E-state index < -0.39 is 35.4 Å². The van der Waals surface area contributed by atoms with Crippen LogP contribution in [0.3, 0.4) is 0 Å². The minimum Gasteiger partial charge on any atom is -0.393 e. The average Bonchev–Trinajstić information content (AvgIpc) is 2.57. The number of nitrogens with zero attached hydrogens (tertiary/aromatic N) is 3. The zero-order chi connectivity index (χ0) is 20.5. The third-order valence-corrected chi connectivity index (χ3v) is 4.43. The van der Waals surface area contributed by atoms with Crippen LogP contribution in [0.1, 0.15) is 35.4 Å². The number of rotatable bonds is 5. The maximum atomic E-state index is 13.2. The van der Waals surface area contributed by atoms with Gasteiger partial charge in [0.2, 0.25) is 0 Å². The summed E-state index contributed by atoms with van der Waals surface area (Å²) in [4.78, 5) is 11.2. The zero-order valence-electron chi connectivity index (χ0n) is 14.3. The van der Waals surface area contributed by atoms with Gasteiger partial charge in [0.15, 0.2) is 0 Å². The topological polar surface area (TPSA) is 70.9 Å². The Labute approximate surface area is 155 Å². The van der Waals surface area contributed by atoms with Gasteiger partial charge in [-0.05, 0) is 30.9 Å². The Kier molecular flexibility index (Phi) is 5.46. The molecular weight excluding hydrogens is 390 g/mol. The molecule has 2 aromatic rings. The van der Waals surface area contributed by atoms with Gasteiger partial charge in [-0.15, -0.1) is 0 Å². The summed E-state index contributed by atoms with van der Waals surface area (Å²) in [5, 5.41) is 11.9. The highest BCUT2D eigenvalue weighted by molar-refractivity contribution is 5.46. The number of aromatic nitrogens is 3. The quantitative estimate of drug-likeness (QED) is 0.743. The molecule has 0 aliphatic heterocycles. The van der Waals surface area contributed by atoms with Crippen molar-refractivity contribution < 1.29 is 31.4 Å². The summed E-state index contributed by atoms with van der Waals surface area (Å²) in [6.45, 7) is 0. The highest BCUT2D eigenvalue weighted by atomic mass is 19.4. The second kappa shape index (κ2) is 7.53. The van der Waals surface area contributed by atoms with Crippen molar-refractivity contribution in [2.75, 3.05) is 5.32 Å². The molecular formula is C17H16F6N4O. The first kappa shape index (κ1) is 20.3. The number of pyridine rings is 1. The largest absolute Gasteiger partial charge is 0.421 e. The molecule has 1 aliphatic carbocycles. The molecule has 2 N–H and O–H groups in total. The predicted molar refractivity (Wildman–Crippen MR) is 86.3 cm³/mol. The van der Waals surface area contributed by atoms with Crippen molar-refractivity contribution in [2.24, 2.45) is 0 Å². The Hall–Kier alpha value is -2.43. The Morgan fingerprint density at radius 3 is 2.29 bits per heavy atom. The predicted octanol–water partition coefficient (Wildman–Crippen LogP) is 3.63. The number of alkyl halides is 6. The standard InChI is InChI=1S/C17H16F6N4O/c18-16(19,20)12-3-4-24-7-9(12)1-2-14-25-8-13(17(21,22)23)15(27-14)26-10-5-11(28)6-10/h3-4,7-8,10-11,28H,1-2,5-6H2,(H,25,26,27). The number of aliphatic hydroxyl groups is 1. The molecule has 2 heterocycles. The second-order valence-electron chi connectivity index (χ2n) is 6.54. The van der Waals surface area contributed by atoms with Gasteiger partial charge in [0.1, 0.15) is 17.2 Å². The Bertz CT molecular complexity index is 833. The van der Waals surface area contributed by atoms with E-state index in [0.717, 1.165) is 18.5 Å². The van der Waals surface area contributed by atoms with Crippen molar-refractivity contribution >= 4 is 5.82 Å². The monoisotopic (exact) mass is 406 g/mol. The van der Waals surface area contributed by atoms with Gasteiger partial charge < -0.3 is 10.4 Å². The minimum absolute atomic E-state index is 0.0210. The molecule has 0 bridgehead atoms. The summed E-state index contributed by atoms with van der Waals surface area (Å²) >= 11 is 0. The number of hydrogen-bond donors (Lipinski definition) is 2. The second-order valence-corrected chi connectivity index (χ2v) is 6.54. The summed E-state index contributed by atoms with van der Waals surface area (Å²) in [5.74, 6) is -0.455. The van der Waals surface area contributed by atoms with Crippen LogP contribution in [0.5, 0.6) is 0 Å². The molecule has 0 aromatic carbocycles. The van der Waals surface area contributed by atoms with E-state index in [1.807, 2.05) is 0 Å². The third kappa shape index (κ3) is 4.70. The van der Waals surface area contributed by atoms with Gasteiger partial charge in [0.25, 0.3) is 0 Å². The van der Waals surface area contributed by atoms with E-state index in [4.69, 9.17) is 0 Å². The van der Waals surface area contributed by atoms with Crippen LogP contribution < -0.4 is 5.32 Å². The molecule has 0 atom stereocenters. The van der Waals surface area contributed by atoms with Crippen LogP contribution in [0.25, 0.3) is 0 Å². The van der Waals surface area contributed by atoms with Gasteiger partial charge in [-0.3, -0.25) is 4.98 Å². The normalized spacial score (nSPS) is 20.0. The molecule has 3 rings (SSSR count). The number of anilines is 1. The lowest BCUT2D eigenvalue weighted by molar-refractivity contribution is -0.138. The lowest BCUT2D eigenvalue weighted by Gasteiger charge is -2.33. The minimum atomic E-state index is -4.68. The molecule has 5 nitrogen and oxygen atoms in total. The first-order valence-corrected chi connectivity index (χ1v) is 8.42. The Morgan fingerprint density at radius 2 is 1.68 bits per heavy atom. The van der Waals surface area contributed by atoms with Crippen LogP contribution >= 0.6 is 0 Å². The van der Waals surface area contributed by atoms with Crippen molar-refractivity contribution in [2.45, 2.75) is 50.2 Å². The molecule has 1 aliphatic rings. The number of aliphatic hydroxyl groups excluding tert-OH is 1. The molecule has 1 fully saturated rings. The zero-order valence-corrected chi connectivity index (χ0v) is 14.3. The highest BCUT2D eigenvalue weighted by Gasteiger charge is 2.37. The van der Waals surface area contributed by atoms with E-state index in [-0.39, 0.29) is 30.3 Å². The van der Waals surface area contributed by atoms with E-state index in [1.165, 1.54) is 0 Å². The summed E-state index contributed by atoms with van der Waals surface area (Å²) in [7, 11) is 0. The molecule has 152 valence electrons. The Morgan fingerprint density at radius 1 is 1.00 bits per heavy atom. The summed E-state index contributed by atoms with van der Waals surface area (Å²) in [5.41, 5.74) is -2.00. The fourth-order valence-electron chi connectivity index (χ4n) is 2.90. The molecule has 2 aromatic heterocycles. The van der Waals surface area contributed by atoms with E-state index in [2.05, 4.69) is 20.3 Å². The van der Waals surface area contributed by atoms with Crippen molar-refractivity contribution in [1.29, 1.82) is 0 Å². The lowest BCUT2D eigenvalue weighted by atomic mass is 9.89. The lowest BCUT2D eigenvalue weighted by Crippen LogP contribution is -2.39. The van der Waals surface area contributed by atoms with Crippen molar-refractivity contribution in [1.82, 2.24) is 15.0 Å². The molecule has 11 heteroatoms. The molecule has 0 amide bonds. The van der Waals surface area contributed by atoms with Gasteiger partial charge in [0.05, 0.1) is 11.7 Å². The molecule has 0 radical (unpaired) electrons. The molecule has 0 spiro atoms. The van der Waals surface area contributed by atoms with Crippen LogP contribution in [0.15, 0.2) is 24.7 Å². The Balaban J connectivity index is 1.80. The van der Waals surface area contributed by atoms with Gasteiger partial charge in [-0.1, -0.05) is 0 Å². The number of halogens is 6. The maximum absolute atomic E-state index is 13.2. The van der Waals surface area contributed by atoms with E-state index in [1.54, 1.807) is 0 Å². The maximum Gasteiger partial charge on any atom is 0.421 e. The summed E-state index contributed by atoms with van der Waals surface area (Å²) < 4.78 is 78.6. The molecule has 1 saturated carbocycles. The van der Waals surface area contributed by atoms with Crippen molar-refractivity contribution in [3.05, 3.63) is 47.2 Å². The summed E-state index contributed by atoms with van der Waals surface area (Å²) in [6, 6.07) is 0.492. The molecule has 0 unspecified atom stereocenters. The highest BCUT2D eigenvalue weighted by Crippen LogP contribution is 2.35. The first-order valence-electron chi connectivity index (χ1n) is 8.42. The van der Waals surface area contributed by atoms with Crippen LogP contribution in [-0.4, -0.2) is 32.2 Å². The van der Waals surface area contributed by atoms with E-state index in [9.17, 15) is 31.4 Å². The van der Waals surface area contributed by atoms with Crippen molar-refractivity contribution in [3.63, 3.8) is 0 Å². The van der Waals surface area contributed by atoms with Crippen LogP contribution in [0.4, 0.5) is 32.2 Å².